The zero-order valence-electron chi connectivity index (χ0n) is 12.4. The van der Waals surface area contributed by atoms with Crippen molar-refractivity contribution in [2.75, 3.05) is 0 Å². The number of benzene rings is 2. The Morgan fingerprint density at radius 3 is 2.26 bits per heavy atom. The van der Waals surface area contributed by atoms with Gasteiger partial charge < -0.3 is 4.74 Å². The van der Waals surface area contributed by atoms with Crippen molar-refractivity contribution >= 4 is 11.8 Å². The molecule has 0 aliphatic heterocycles. The van der Waals surface area contributed by atoms with Gasteiger partial charge in [-0.05, 0) is 17.7 Å². The van der Waals surface area contributed by atoms with E-state index in [2.05, 4.69) is 5.32 Å². The number of nitriles is 1. The van der Waals surface area contributed by atoms with Gasteiger partial charge in [-0.2, -0.15) is 5.26 Å². The fourth-order valence-corrected chi connectivity index (χ4v) is 1.92. The van der Waals surface area contributed by atoms with E-state index >= 15 is 0 Å². The third kappa shape index (κ3) is 5.38. The lowest BCUT2D eigenvalue weighted by Crippen LogP contribution is -2.33. The molecule has 2 rings (SSSR count). The molecule has 5 heteroatoms. The molecular formula is C18H16N2O3. The Kier molecular flexibility index (Phi) is 6.04. The van der Waals surface area contributed by atoms with Crippen molar-refractivity contribution in [3.63, 3.8) is 0 Å². The van der Waals surface area contributed by atoms with Gasteiger partial charge in [0, 0.05) is 5.56 Å². The summed E-state index contributed by atoms with van der Waals surface area (Å²) in [7, 11) is 0. The summed E-state index contributed by atoms with van der Waals surface area (Å²) in [4.78, 5) is 23.7. The molecule has 5 nitrogen and oxygen atoms in total. The number of ether oxygens (including phenoxy) is 1. The first-order chi connectivity index (χ1) is 11.2. The van der Waals surface area contributed by atoms with E-state index in [1.807, 2.05) is 36.4 Å². The smallest absolute Gasteiger partial charge is 0.257 e. The molecule has 23 heavy (non-hydrogen) atoms. The van der Waals surface area contributed by atoms with Gasteiger partial charge in [0.25, 0.3) is 5.91 Å². The number of hydrogen-bond acceptors (Lipinski definition) is 4. The predicted octanol–water partition coefficient (Wildman–Crippen LogP) is 2.44. The zero-order chi connectivity index (χ0) is 16.5. The third-order valence-corrected chi connectivity index (χ3v) is 3.10. The summed E-state index contributed by atoms with van der Waals surface area (Å²) in [6.45, 7) is 0.235. The minimum atomic E-state index is -0.904. The maximum atomic E-state index is 11.8. The van der Waals surface area contributed by atoms with Crippen LogP contribution in [0.25, 0.3) is 0 Å². The SMILES string of the molecule is N#C[C@H](CC(=O)NC(=O)c1ccccc1)OCc1ccccc1. The molecule has 2 aromatic carbocycles. The fourth-order valence-electron chi connectivity index (χ4n) is 1.92. The van der Waals surface area contributed by atoms with Gasteiger partial charge in [-0.15, -0.1) is 0 Å². The average molecular weight is 308 g/mol. The van der Waals surface area contributed by atoms with Crippen LogP contribution in [0.3, 0.4) is 0 Å². The van der Waals surface area contributed by atoms with E-state index in [0.717, 1.165) is 5.56 Å². The summed E-state index contributed by atoms with van der Waals surface area (Å²) < 4.78 is 5.40. The lowest BCUT2D eigenvalue weighted by Gasteiger charge is -2.10. The maximum Gasteiger partial charge on any atom is 0.257 e. The Morgan fingerprint density at radius 2 is 1.65 bits per heavy atom. The van der Waals surface area contributed by atoms with E-state index in [1.165, 1.54) is 0 Å². The summed E-state index contributed by atoms with van der Waals surface area (Å²) in [5.74, 6) is -1.03. The summed E-state index contributed by atoms with van der Waals surface area (Å²) in [6.07, 6.45) is -1.10. The van der Waals surface area contributed by atoms with Crippen LogP contribution in [0, 0.1) is 11.3 Å². The fraction of sp³-hybridized carbons (Fsp3) is 0.167. The molecule has 0 aromatic heterocycles. The Morgan fingerprint density at radius 1 is 1.04 bits per heavy atom. The Bertz CT molecular complexity index is 693. The number of rotatable bonds is 6. The van der Waals surface area contributed by atoms with Crippen LogP contribution in [0.15, 0.2) is 60.7 Å². The van der Waals surface area contributed by atoms with E-state index in [-0.39, 0.29) is 13.0 Å². The van der Waals surface area contributed by atoms with Crippen LogP contribution in [0.2, 0.25) is 0 Å². The van der Waals surface area contributed by atoms with Gasteiger partial charge in [-0.25, -0.2) is 0 Å². The van der Waals surface area contributed by atoms with Gasteiger partial charge in [-0.3, -0.25) is 14.9 Å². The lowest BCUT2D eigenvalue weighted by molar-refractivity contribution is -0.122. The summed E-state index contributed by atoms with van der Waals surface area (Å²) in [5.41, 5.74) is 1.30. The normalized spacial score (nSPS) is 11.3. The molecular weight excluding hydrogens is 292 g/mol. The lowest BCUT2D eigenvalue weighted by atomic mass is 10.2. The molecule has 0 spiro atoms. The van der Waals surface area contributed by atoms with Crippen molar-refractivity contribution in [2.45, 2.75) is 19.1 Å². The molecule has 0 aliphatic rings. The van der Waals surface area contributed by atoms with Gasteiger partial charge in [0.2, 0.25) is 5.91 Å². The first kappa shape index (κ1) is 16.4. The monoisotopic (exact) mass is 308 g/mol. The average Bonchev–Trinajstić information content (AvgIpc) is 2.60. The van der Waals surface area contributed by atoms with Crippen LogP contribution in [0.1, 0.15) is 22.3 Å². The van der Waals surface area contributed by atoms with Crippen molar-refractivity contribution in [3.8, 4) is 6.07 Å². The largest absolute Gasteiger partial charge is 0.358 e. The molecule has 2 aromatic rings. The predicted molar refractivity (Wildman–Crippen MR) is 84.2 cm³/mol. The second kappa shape index (κ2) is 8.47. The van der Waals surface area contributed by atoms with Gasteiger partial charge >= 0.3 is 0 Å². The molecule has 0 fully saturated rings. The highest BCUT2D eigenvalue weighted by Gasteiger charge is 2.16. The van der Waals surface area contributed by atoms with Crippen molar-refractivity contribution in [2.24, 2.45) is 0 Å². The molecule has 0 saturated heterocycles. The number of carbonyl (C=O) groups excluding carboxylic acids is 2. The highest BCUT2D eigenvalue weighted by molar-refractivity contribution is 6.04. The molecule has 0 radical (unpaired) electrons. The second-order valence-corrected chi connectivity index (χ2v) is 4.86. The Balaban J connectivity index is 1.83. The molecule has 0 heterocycles. The van der Waals surface area contributed by atoms with Gasteiger partial charge in [0.1, 0.15) is 0 Å². The van der Waals surface area contributed by atoms with E-state index in [1.54, 1.807) is 30.3 Å². The van der Waals surface area contributed by atoms with Crippen molar-refractivity contribution in [1.82, 2.24) is 5.32 Å². The molecule has 0 aliphatic carbocycles. The first-order valence-corrected chi connectivity index (χ1v) is 7.13. The van der Waals surface area contributed by atoms with Crippen LogP contribution < -0.4 is 5.32 Å². The van der Waals surface area contributed by atoms with Gasteiger partial charge in [0.05, 0.1) is 19.1 Å². The van der Waals surface area contributed by atoms with Gasteiger partial charge in [0.15, 0.2) is 6.10 Å². The van der Waals surface area contributed by atoms with Crippen molar-refractivity contribution in [3.05, 3.63) is 71.8 Å². The molecule has 0 unspecified atom stereocenters. The third-order valence-electron chi connectivity index (χ3n) is 3.10. The Labute approximate surface area is 134 Å². The molecule has 116 valence electrons. The Hall–Kier alpha value is -2.97. The van der Waals surface area contributed by atoms with Crippen molar-refractivity contribution in [1.29, 1.82) is 5.26 Å². The highest BCUT2D eigenvalue weighted by Crippen LogP contribution is 2.06. The van der Waals surface area contributed by atoms with Gasteiger partial charge in [-0.1, -0.05) is 48.5 Å². The van der Waals surface area contributed by atoms with Crippen LogP contribution in [0.4, 0.5) is 0 Å². The number of amides is 2. The van der Waals surface area contributed by atoms with E-state index in [0.29, 0.717) is 5.56 Å². The zero-order valence-corrected chi connectivity index (χ0v) is 12.4. The number of nitrogens with one attached hydrogen (secondary N) is 1. The number of hydrogen-bond donors (Lipinski definition) is 1. The standard InChI is InChI=1S/C18H16N2O3/c19-12-16(23-13-14-7-3-1-4-8-14)11-17(21)20-18(22)15-9-5-2-6-10-15/h1-10,16H,11,13H2,(H,20,21,22)/t16-/m0/s1. The highest BCUT2D eigenvalue weighted by atomic mass is 16.5. The van der Waals surface area contributed by atoms with Crippen LogP contribution >= 0.6 is 0 Å². The quantitative estimate of drug-likeness (QED) is 0.889. The minimum Gasteiger partial charge on any atom is -0.358 e. The topological polar surface area (TPSA) is 79.2 Å². The number of imide groups is 1. The molecule has 1 atom stereocenters. The summed E-state index contributed by atoms with van der Waals surface area (Å²) >= 11 is 0. The van der Waals surface area contributed by atoms with Crippen molar-refractivity contribution < 1.29 is 14.3 Å². The molecule has 2 amide bonds. The van der Waals surface area contributed by atoms with Crippen LogP contribution in [-0.4, -0.2) is 17.9 Å². The second-order valence-electron chi connectivity index (χ2n) is 4.86. The molecule has 0 bridgehead atoms. The van der Waals surface area contributed by atoms with Crippen LogP contribution in [0.5, 0.6) is 0 Å². The maximum absolute atomic E-state index is 11.8. The van der Waals surface area contributed by atoms with E-state index in [9.17, 15) is 9.59 Å². The number of carbonyl (C=O) groups is 2. The van der Waals surface area contributed by atoms with Crippen LogP contribution in [-0.2, 0) is 16.1 Å². The molecule has 0 saturated carbocycles. The van der Waals surface area contributed by atoms with E-state index < -0.39 is 17.9 Å². The number of nitrogens with zero attached hydrogens (tertiary/aromatic N) is 1. The van der Waals surface area contributed by atoms with E-state index in [4.69, 9.17) is 10.00 Å². The first-order valence-electron chi connectivity index (χ1n) is 7.13. The molecule has 1 N–H and O–H groups in total. The minimum absolute atomic E-state index is 0.193. The summed E-state index contributed by atoms with van der Waals surface area (Å²) in [5, 5.41) is 11.3. The summed E-state index contributed by atoms with van der Waals surface area (Å²) in [6, 6.07) is 19.7.